The van der Waals surface area contributed by atoms with Crippen LogP contribution >= 0.6 is 15.9 Å². The van der Waals surface area contributed by atoms with Gasteiger partial charge in [0.2, 0.25) is 0 Å². The van der Waals surface area contributed by atoms with E-state index < -0.39 is 0 Å². The molecule has 4 heteroatoms. The van der Waals surface area contributed by atoms with Crippen LogP contribution in [-0.2, 0) is 20.0 Å². The van der Waals surface area contributed by atoms with Crippen molar-refractivity contribution in [2.45, 2.75) is 19.9 Å². The molecule has 0 aliphatic carbocycles. The van der Waals surface area contributed by atoms with Crippen LogP contribution in [-0.4, -0.2) is 9.55 Å². The zero-order chi connectivity index (χ0) is 12.3. The fourth-order valence-electron chi connectivity index (χ4n) is 1.77. The predicted molar refractivity (Wildman–Crippen MR) is 74.1 cm³/mol. The Morgan fingerprint density at radius 3 is 2.88 bits per heavy atom. The van der Waals surface area contributed by atoms with Crippen LogP contribution in [0.25, 0.3) is 0 Å². The van der Waals surface area contributed by atoms with Crippen molar-refractivity contribution in [3.05, 3.63) is 46.5 Å². The molecule has 3 nitrogen and oxygen atoms in total. The van der Waals surface area contributed by atoms with Crippen LogP contribution < -0.4 is 5.32 Å². The first-order valence-electron chi connectivity index (χ1n) is 5.68. The molecular formula is C13H16BrN3. The first-order valence-corrected chi connectivity index (χ1v) is 6.47. The van der Waals surface area contributed by atoms with Gasteiger partial charge in [0, 0.05) is 23.4 Å². The minimum absolute atomic E-state index is 0.797. The van der Waals surface area contributed by atoms with Gasteiger partial charge in [-0.3, -0.25) is 0 Å². The average Bonchev–Trinajstić information content (AvgIpc) is 2.73. The van der Waals surface area contributed by atoms with Gasteiger partial charge in [-0.15, -0.1) is 0 Å². The van der Waals surface area contributed by atoms with Crippen molar-refractivity contribution in [3.63, 3.8) is 0 Å². The van der Waals surface area contributed by atoms with Crippen molar-refractivity contribution in [2.75, 3.05) is 5.32 Å². The van der Waals surface area contributed by atoms with E-state index in [1.54, 1.807) is 0 Å². The van der Waals surface area contributed by atoms with Gasteiger partial charge in [-0.2, -0.15) is 0 Å². The van der Waals surface area contributed by atoms with Gasteiger partial charge >= 0.3 is 0 Å². The molecule has 2 aromatic rings. The van der Waals surface area contributed by atoms with Gasteiger partial charge in [0.25, 0.3) is 0 Å². The minimum Gasteiger partial charge on any atom is -0.379 e. The summed E-state index contributed by atoms with van der Waals surface area (Å²) in [6.45, 7) is 2.96. The molecule has 0 fully saturated rings. The average molecular weight is 294 g/mol. The molecular weight excluding hydrogens is 278 g/mol. The second-order valence-corrected chi connectivity index (χ2v) is 4.92. The number of nitrogens with one attached hydrogen (secondary N) is 1. The minimum atomic E-state index is 0.797. The summed E-state index contributed by atoms with van der Waals surface area (Å²) in [5, 5.41) is 3.45. The third kappa shape index (κ3) is 2.88. The summed E-state index contributed by atoms with van der Waals surface area (Å²) < 4.78 is 3.15. The van der Waals surface area contributed by atoms with E-state index in [-0.39, 0.29) is 0 Å². The van der Waals surface area contributed by atoms with Crippen LogP contribution in [0.4, 0.5) is 5.69 Å². The summed E-state index contributed by atoms with van der Waals surface area (Å²) in [7, 11) is 2.01. The Morgan fingerprint density at radius 2 is 2.24 bits per heavy atom. The normalized spacial score (nSPS) is 10.5. The summed E-state index contributed by atoms with van der Waals surface area (Å²) in [5.74, 6) is 0. The summed E-state index contributed by atoms with van der Waals surface area (Å²) in [6.07, 6.45) is 4.73. The molecule has 1 N–H and O–H groups in total. The van der Waals surface area contributed by atoms with Gasteiger partial charge in [-0.1, -0.05) is 22.9 Å². The van der Waals surface area contributed by atoms with Crippen LogP contribution in [0.15, 0.2) is 35.2 Å². The van der Waals surface area contributed by atoms with Gasteiger partial charge in [-0.05, 0) is 30.2 Å². The molecule has 2 rings (SSSR count). The van der Waals surface area contributed by atoms with Crippen LogP contribution in [0.3, 0.4) is 0 Å². The Labute approximate surface area is 110 Å². The van der Waals surface area contributed by atoms with Crippen LogP contribution in [0, 0.1) is 0 Å². The number of hydrogen-bond donors (Lipinski definition) is 1. The second-order valence-electron chi connectivity index (χ2n) is 4.00. The highest BCUT2D eigenvalue weighted by Crippen LogP contribution is 2.22. The maximum atomic E-state index is 4.11. The van der Waals surface area contributed by atoms with Crippen molar-refractivity contribution >= 4 is 21.6 Å². The second kappa shape index (κ2) is 5.36. The topological polar surface area (TPSA) is 29.9 Å². The first kappa shape index (κ1) is 12.2. The zero-order valence-electron chi connectivity index (χ0n) is 10.1. The molecule has 0 saturated heterocycles. The molecule has 1 aromatic heterocycles. The van der Waals surface area contributed by atoms with Crippen molar-refractivity contribution < 1.29 is 0 Å². The van der Waals surface area contributed by atoms with Crippen molar-refractivity contribution in [2.24, 2.45) is 7.05 Å². The Hall–Kier alpha value is -1.29. The number of imidazole rings is 1. The number of aromatic nitrogens is 2. The quantitative estimate of drug-likeness (QED) is 0.937. The number of rotatable bonds is 4. The van der Waals surface area contributed by atoms with E-state index in [4.69, 9.17) is 0 Å². The van der Waals surface area contributed by atoms with Crippen molar-refractivity contribution in [3.8, 4) is 0 Å². The molecule has 0 aliphatic heterocycles. The summed E-state index contributed by atoms with van der Waals surface area (Å²) in [4.78, 5) is 4.11. The summed E-state index contributed by atoms with van der Waals surface area (Å²) in [6, 6.07) is 6.33. The standard InChI is InChI=1S/C13H16BrN3/c1-3-10-6-11(14)4-5-13(10)16-8-12-7-15-9-17(12)2/h4-7,9,16H,3,8H2,1-2H3. The number of anilines is 1. The highest BCUT2D eigenvalue weighted by molar-refractivity contribution is 9.10. The van der Waals surface area contributed by atoms with Crippen LogP contribution in [0.2, 0.25) is 0 Å². The van der Waals surface area contributed by atoms with Crippen molar-refractivity contribution in [1.82, 2.24) is 9.55 Å². The van der Waals surface area contributed by atoms with Crippen LogP contribution in [0.5, 0.6) is 0 Å². The third-order valence-corrected chi connectivity index (χ3v) is 3.32. The fourth-order valence-corrected chi connectivity index (χ4v) is 2.18. The smallest absolute Gasteiger partial charge is 0.0946 e. The van der Waals surface area contributed by atoms with E-state index >= 15 is 0 Å². The predicted octanol–water partition coefficient (Wildman–Crippen LogP) is 3.36. The molecule has 0 aliphatic rings. The Bertz CT molecular complexity index is 505. The van der Waals surface area contributed by atoms with Gasteiger partial charge in [0.15, 0.2) is 0 Å². The molecule has 1 aromatic carbocycles. The molecule has 17 heavy (non-hydrogen) atoms. The number of aryl methyl sites for hydroxylation is 2. The molecule has 90 valence electrons. The summed E-state index contributed by atoms with van der Waals surface area (Å²) >= 11 is 3.50. The Kier molecular flexibility index (Phi) is 3.84. The first-order chi connectivity index (χ1) is 8.20. The van der Waals surface area contributed by atoms with E-state index in [2.05, 4.69) is 51.4 Å². The maximum Gasteiger partial charge on any atom is 0.0946 e. The molecule has 0 spiro atoms. The molecule has 0 unspecified atom stereocenters. The third-order valence-electron chi connectivity index (χ3n) is 2.82. The van der Waals surface area contributed by atoms with Gasteiger partial charge < -0.3 is 9.88 Å². The lowest BCUT2D eigenvalue weighted by Crippen LogP contribution is -2.05. The molecule has 0 radical (unpaired) electrons. The van der Waals surface area contributed by atoms with Gasteiger partial charge in [0.05, 0.1) is 18.6 Å². The number of halogens is 1. The fraction of sp³-hybridized carbons (Fsp3) is 0.308. The highest BCUT2D eigenvalue weighted by Gasteiger charge is 2.03. The highest BCUT2D eigenvalue weighted by atomic mass is 79.9. The Morgan fingerprint density at radius 1 is 1.41 bits per heavy atom. The summed E-state index contributed by atoms with van der Waals surface area (Å²) in [5.41, 5.74) is 3.69. The largest absolute Gasteiger partial charge is 0.379 e. The number of benzene rings is 1. The SMILES string of the molecule is CCc1cc(Br)ccc1NCc1cncn1C. The molecule has 0 bridgehead atoms. The lowest BCUT2D eigenvalue weighted by molar-refractivity contribution is 0.836. The monoisotopic (exact) mass is 293 g/mol. The molecule has 1 heterocycles. The molecule has 0 saturated carbocycles. The van der Waals surface area contributed by atoms with E-state index in [0.717, 1.165) is 17.4 Å². The van der Waals surface area contributed by atoms with E-state index in [9.17, 15) is 0 Å². The van der Waals surface area contributed by atoms with Gasteiger partial charge in [0.1, 0.15) is 0 Å². The number of hydrogen-bond acceptors (Lipinski definition) is 2. The molecule has 0 atom stereocenters. The van der Waals surface area contributed by atoms with Gasteiger partial charge in [-0.25, -0.2) is 4.98 Å². The van der Waals surface area contributed by atoms with E-state index in [1.165, 1.54) is 16.9 Å². The molecule has 0 amide bonds. The van der Waals surface area contributed by atoms with Crippen molar-refractivity contribution in [1.29, 1.82) is 0 Å². The Balaban J connectivity index is 2.11. The zero-order valence-corrected chi connectivity index (χ0v) is 11.7. The maximum absolute atomic E-state index is 4.11. The number of nitrogens with zero attached hydrogens (tertiary/aromatic N) is 2. The van der Waals surface area contributed by atoms with Crippen LogP contribution in [0.1, 0.15) is 18.2 Å². The lowest BCUT2D eigenvalue weighted by atomic mass is 10.1. The van der Waals surface area contributed by atoms with E-state index in [0.29, 0.717) is 0 Å². The lowest BCUT2D eigenvalue weighted by Gasteiger charge is -2.11. The van der Waals surface area contributed by atoms with E-state index in [1.807, 2.05) is 24.1 Å².